The van der Waals surface area contributed by atoms with E-state index in [1.807, 2.05) is 0 Å². The average Bonchev–Trinajstić information content (AvgIpc) is 2.65. The lowest BCUT2D eigenvalue weighted by Crippen LogP contribution is -2.50. The third kappa shape index (κ3) is 5.07. The number of amides is 2. The lowest BCUT2D eigenvalue weighted by molar-refractivity contribution is -0.129. The summed E-state index contributed by atoms with van der Waals surface area (Å²) in [6.07, 6.45) is 1.51. The summed E-state index contributed by atoms with van der Waals surface area (Å²) in [6, 6.07) is 10.3. The Balaban J connectivity index is 1.59. The predicted molar refractivity (Wildman–Crippen MR) is 102 cm³/mol. The van der Waals surface area contributed by atoms with E-state index in [1.165, 1.54) is 24.3 Å². The van der Waals surface area contributed by atoms with Crippen molar-refractivity contribution in [1.82, 2.24) is 10.6 Å². The van der Waals surface area contributed by atoms with Crippen molar-refractivity contribution in [2.75, 3.05) is 11.3 Å². The van der Waals surface area contributed by atoms with Gasteiger partial charge in [0.05, 0.1) is 11.3 Å². The average molecular weight is 405 g/mol. The first kappa shape index (κ1) is 19.8. The summed E-state index contributed by atoms with van der Waals surface area (Å²) in [5, 5.41) is 5.41. The van der Waals surface area contributed by atoms with Crippen molar-refractivity contribution < 1.29 is 22.4 Å². The molecule has 3 N–H and O–H groups in total. The molecule has 28 heavy (non-hydrogen) atoms. The summed E-state index contributed by atoms with van der Waals surface area (Å²) < 4.78 is 39.9. The van der Waals surface area contributed by atoms with Gasteiger partial charge in [0, 0.05) is 12.2 Å². The van der Waals surface area contributed by atoms with E-state index in [2.05, 4.69) is 15.4 Å². The number of sulfonamides is 1. The molecule has 1 saturated heterocycles. The summed E-state index contributed by atoms with van der Waals surface area (Å²) in [6.45, 7) is 0.625. The number of rotatable bonds is 6. The number of halogens is 1. The number of anilines is 1. The monoisotopic (exact) mass is 405 g/mol. The van der Waals surface area contributed by atoms with Gasteiger partial charge in [-0.25, -0.2) is 12.8 Å². The van der Waals surface area contributed by atoms with E-state index in [0.29, 0.717) is 24.2 Å². The van der Waals surface area contributed by atoms with Crippen molar-refractivity contribution >= 4 is 27.5 Å². The van der Waals surface area contributed by atoms with Crippen LogP contribution in [0.1, 0.15) is 18.4 Å². The third-order valence-electron chi connectivity index (χ3n) is 4.32. The molecule has 0 aromatic heterocycles. The summed E-state index contributed by atoms with van der Waals surface area (Å²) in [7, 11) is -3.83. The fraction of sp³-hybridized carbons (Fsp3) is 0.263. The van der Waals surface area contributed by atoms with Gasteiger partial charge in [0.2, 0.25) is 11.8 Å². The summed E-state index contributed by atoms with van der Waals surface area (Å²) in [5.41, 5.74) is 0.999. The molecule has 148 valence electrons. The molecule has 2 aromatic carbocycles. The number of hydrogen-bond donors (Lipinski definition) is 3. The Morgan fingerprint density at radius 1 is 1.11 bits per heavy atom. The minimum Gasteiger partial charge on any atom is -0.354 e. The molecule has 1 aliphatic heterocycles. The summed E-state index contributed by atoms with van der Waals surface area (Å²) in [5.74, 6) is -0.973. The molecule has 0 saturated carbocycles. The molecule has 1 fully saturated rings. The normalized spacial score (nSPS) is 16.9. The Bertz CT molecular complexity index is 960. The smallest absolute Gasteiger partial charge is 0.261 e. The number of hydrogen-bond acceptors (Lipinski definition) is 4. The van der Waals surface area contributed by atoms with Crippen molar-refractivity contribution in [2.45, 2.75) is 30.2 Å². The first-order valence-electron chi connectivity index (χ1n) is 8.78. The number of benzene rings is 2. The highest BCUT2D eigenvalue weighted by Gasteiger charge is 2.23. The Labute approximate surface area is 162 Å². The van der Waals surface area contributed by atoms with Crippen molar-refractivity contribution in [2.24, 2.45) is 0 Å². The van der Waals surface area contributed by atoms with Crippen molar-refractivity contribution in [1.29, 1.82) is 0 Å². The predicted octanol–water partition coefficient (Wildman–Crippen LogP) is 1.56. The number of piperidine rings is 1. The maximum Gasteiger partial charge on any atom is 0.261 e. The molecule has 1 unspecified atom stereocenters. The van der Waals surface area contributed by atoms with Crippen LogP contribution in [0.5, 0.6) is 0 Å². The second-order valence-corrected chi connectivity index (χ2v) is 8.17. The highest BCUT2D eigenvalue weighted by Crippen LogP contribution is 2.17. The van der Waals surface area contributed by atoms with Gasteiger partial charge in [0.1, 0.15) is 11.9 Å². The lowest BCUT2D eigenvalue weighted by atomic mass is 10.1. The quantitative estimate of drug-likeness (QED) is 0.678. The van der Waals surface area contributed by atoms with Crippen LogP contribution in [0.2, 0.25) is 0 Å². The minimum absolute atomic E-state index is 0.0527. The Morgan fingerprint density at radius 2 is 1.79 bits per heavy atom. The van der Waals surface area contributed by atoms with E-state index in [-0.39, 0.29) is 23.1 Å². The lowest BCUT2D eigenvalue weighted by Gasteiger charge is -2.22. The van der Waals surface area contributed by atoms with Crippen LogP contribution in [0.3, 0.4) is 0 Å². The number of carbonyl (C=O) groups is 2. The number of carbonyl (C=O) groups excluding carboxylic acids is 2. The molecule has 2 aromatic rings. The zero-order chi connectivity index (χ0) is 20.1. The molecule has 1 atom stereocenters. The zero-order valence-electron chi connectivity index (χ0n) is 14.9. The van der Waals surface area contributed by atoms with Crippen molar-refractivity contribution in [3.05, 3.63) is 59.9 Å². The van der Waals surface area contributed by atoms with Gasteiger partial charge in [-0.1, -0.05) is 12.1 Å². The van der Waals surface area contributed by atoms with Gasteiger partial charge in [-0.15, -0.1) is 0 Å². The van der Waals surface area contributed by atoms with Gasteiger partial charge in [-0.2, -0.15) is 0 Å². The van der Waals surface area contributed by atoms with Gasteiger partial charge in [-0.05, 0) is 54.8 Å². The molecule has 1 heterocycles. The fourth-order valence-electron chi connectivity index (χ4n) is 2.86. The Kier molecular flexibility index (Phi) is 5.93. The van der Waals surface area contributed by atoms with E-state index in [4.69, 9.17) is 0 Å². The standard InChI is InChI=1S/C19H20FN3O4S/c20-14-5-9-16(10-6-14)28(26,27)23-15-7-3-13(4-8-15)12-18(24)22-17-2-1-11-21-19(17)25/h3-10,17,23H,1-2,11-12H2,(H,21,25)(H,22,24). The first-order chi connectivity index (χ1) is 13.3. The highest BCUT2D eigenvalue weighted by molar-refractivity contribution is 7.92. The van der Waals surface area contributed by atoms with Gasteiger partial charge < -0.3 is 10.6 Å². The van der Waals surface area contributed by atoms with Crippen molar-refractivity contribution in [3.8, 4) is 0 Å². The van der Waals surface area contributed by atoms with E-state index >= 15 is 0 Å². The van der Waals surface area contributed by atoms with E-state index < -0.39 is 21.9 Å². The Hall–Kier alpha value is -2.94. The molecule has 0 aliphatic carbocycles. The van der Waals surface area contributed by atoms with Crippen LogP contribution >= 0.6 is 0 Å². The maximum atomic E-state index is 12.9. The van der Waals surface area contributed by atoms with E-state index in [0.717, 1.165) is 18.6 Å². The van der Waals surface area contributed by atoms with Crippen LogP contribution in [-0.4, -0.2) is 32.8 Å². The van der Waals surface area contributed by atoms with Crippen LogP contribution in [0.4, 0.5) is 10.1 Å². The van der Waals surface area contributed by atoms with E-state index in [9.17, 15) is 22.4 Å². The molecule has 0 bridgehead atoms. The highest BCUT2D eigenvalue weighted by atomic mass is 32.2. The minimum atomic E-state index is -3.83. The first-order valence-corrected chi connectivity index (χ1v) is 10.3. The topological polar surface area (TPSA) is 104 Å². The molecule has 1 aliphatic rings. The van der Waals surface area contributed by atoms with Gasteiger partial charge >= 0.3 is 0 Å². The fourth-order valence-corrected chi connectivity index (χ4v) is 3.92. The van der Waals surface area contributed by atoms with Gasteiger partial charge in [0.15, 0.2) is 0 Å². The van der Waals surface area contributed by atoms with Crippen molar-refractivity contribution in [3.63, 3.8) is 0 Å². The second-order valence-electron chi connectivity index (χ2n) is 6.49. The third-order valence-corrected chi connectivity index (χ3v) is 5.71. The summed E-state index contributed by atoms with van der Waals surface area (Å²) >= 11 is 0. The van der Waals surface area contributed by atoms with Crippen LogP contribution < -0.4 is 15.4 Å². The van der Waals surface area contributed by atoms with Crippen LogP contribution in [0, 0.1) is 5.82 Å². The molecule has 0 spiro atoms. The molecule has 7 nitrogen and oxygen atoms in total. The second kappa shape index (κ2) is 8.39. The van der Waals surface area contributed by atoms with E-state index in [1.54, 1.807) is 12.1 Å². The maximum absolute atomic E-state index is 12.9. The summed E-state index contributed by atoms with van der Waals surface area (Å²) in [4.78, 5) is 23.8. The Morgan fingerprint density at radius 3 is 2.43 bits per heavy atom. The number of nitrogens with one attached hydrogen (secondary N) is 3. The van der Waals surface area contributed by atoms with Crippen LogP contribution in [0.15, 0.2) is 53.4 Å². The molecule has 2 amide bonds. The molecular weight excluding hydrogens is 385 g/mol. The zero-order valence-corrected chi connectivity index (χ0v) is 15.8. The molecule has 0 radical (unpaired) electrons. The molecular formula is C19H20FN3O4S. The SMILES string of the molecule is O=C(Cc1ccc(NS(=O)(=O)c2ccc(F)cc2)cc1)NC1CCCNC1=O. The van der Waals surface area contributed by atoms with Gasteiger partial charge in [-0.3, -0.25) is 14.3 Å². The largest absolute Gasteiger partial charge is 0.354 e. The van der Waals surface area contributed by atoms with Crippen LogP contribution in [0.25, 0.3) is 0 Å². The molecule has 9 heteroatoms. The molecule has 3 rings (SSSR count). The van der Waals surface area contributed by atoms with Crippen LogP contribution in [-0.2, 0) is 26.0 Å². The van der Waals surface area contributed by atoms with Gasteiger partial charge in [0.25, 0.3) is 10.0 Å².